The summed E-state index contributed by atoms with van der Waals surface area (Å²) in [5.41, 5.74) is 3.88. The molecule has 0 radical (unpaired) electrons. The fourth-order valence-corrected chi connectivity index (χ4v) is 4.12. The Morgan fingerprint density at radius 1 is 0.865 bits per heavy atom. The number of nitro benzene ring substituents is 1. The molecule has 6 aromatic rings. The van der Waals surface area contributed by atoms with Crippen LogP contribution in [0.5, 0.6) is 0 Å². The fraction of sp³-hybridized carbons (Fsp3) is 0.0370. The Labute approximate surface area is 210 Å². The Bertz CT molecular complexity index is 1660. The third-order valence-corrected chi connectivity index (χ3v) is 5.81. The van der Waals surface area contributed by atoms with Crippen LogP contribution in [0.4, 0.5) is 5.69 Å². The number of nitro groups is 1. The average molecular weight is 489 g/mol. The quantitative estimate of drug-likeness (QED) is 0.217. The van der Waals surface area contributed by atoms with Gasteiger partial charge in [0, 0.05) is 23.4 Å². The molecule has 3 aromatic carbocycles. The molecule has 0 aliphatic heterocycles. The van der Waals surface area contributed by atoms with Crippen molar-refractivity contribution in [2.24, 2.45) is 0 Å². The van der Waals surface area contributed by atoms with E-state index in [2.05, 4.69) is 15.4 Å². The van der Waals surface area contributed by atoms with Crippen molar-refractivity contribution in [2.45, 2.75) is 6.54 Å². The van der Waals surface area contributed by atoms with E-state index in [0.717, 1.165) is 16.8 Å². The number of hydrogen-bond donors (Lipinski definition) is 0. The Balaban J connectivity index is 1.48. The summed E-state index contributed by atoms with van der Waals surface area (Å²) in [4.78, 5) is 16.9. The molecule has 0 aliphatic rings. The van der Waals surface area contributed by atoms with E-state index in [-0.39, 0.29) is 5.69 Å². The Kier molecular flexibility index (Phi) is 5.58. The minimum atomic E-state index is -0.431. The third kappa shape index (κ3) is 4.27. The zero-order chi connectivity index (χ0) is 25.2. The number of non-ortho nitro benzene ring substituents is 1. The lowest BCUT2D eigenvalue weighted by Crippen LogP contribution is -2.04. The fourth-order valence-electron chi connectivity index (χ4n) is 4.12. The van der Waals surface area contributed by atoms with E-state index < -0.39 is 4.92 Å². The Hall–Kier alpha value is -5.38. The SMILES string of the molecule is O=[N+]([O-])c1ccc(Cn2nnc(-c3nc(-c4ccccc4)n(-c4ccccc4)c3-c3ccco3)n2)cc1. The standard InChI is InChI=1S/C27H19N7O3/c35-34(36)22-15-13-19(14-16-22)18-32-30-26(29-31-32)24-25(23-12-7-17-37-23)33(21-10-5-2-6-11-21)27(28-24)20-8-3-1-4-9-20/h1-17H,18H2. The molecule has 0 atom stereocenters. The molecular weight excluding hydrogens is 470 g/mol. The number of hydrogen-bond acceptors (Lipinski definition) is 7. The zero-order valence-electron chi connectivity index (χ0n) is 19.4. The molecule has 0 saturated carbocycles. The maximum Gasteiger partial charge on any atom is 0.269 e. The number of rotatable bonds is 7. The molecule has 0 saturated heterocycles. The molecule has 6 rings (SSSR count). The summed E-state index contributed by atoms with van der Waals surface area (Å²) in [7, 11) is 0. The van der Waals surface area contributed by atoms with Gasteiger partial charge in [-0.25, -0.2) is 4.98 Å². The van der Waals surface area contributed by atoms with Crippen LogP contribution < -0.4 is 0 Å². The first-order valence-electron chi connectivity index (χ1n) is 11.5. The van der Waals surface area contributed by atoms with Crippen LogP contribution >= 0.6 is 0 Å². The van der Waals surface area contributed by atoms with Crippen molar-refractivity contribution in [1.29, 1.82) is 0 Å². The lowest BCUT2D eigenvalue weighted by Gasteiger charge is -2.11. The highest BCUT2D eigenvalue weighted by Crippen LogP contribution is 2.37. The molecule has 0 N–H and O–H groups in total. The van der Waals surface area contributed by atoms with E-state index >= 15 is 0 Å². The second kappa shape index (κ2) is 9.34. The third-order valence-electron chi connectivity index (χ3n) is 5.81. The van der Waals surface area contributed by atoms with Crippen LogP contribution in [0.3, 0.4) is 0 Å². The van der Waals surface area contributed by atoms with E-state index in [4.69, 9.17) is 9.40 Å². The van der Waals surface area contributed by atoms with Gasteiger partial charge in [0.25, 0.3) is 5.69 Å². The predicted octanol–water partition coefficient (Wildman–Crippen LogP) is 5.41. The molecule has 10 nitrogen and oxygen atoms in total. The summed E-state index contributed by atoms with van der Waals surface area (Å²) in [6.07, 6.45) is 1.61. The first kappa shape index (κ1) is 22.1. The highest BCUT2D eigenvalue weighted by molar-refractivity contribution is 5.79. The van der Waals surface area contributed by atoms with E-state index in [1.54, 1.807) is 18.4 Å². The molecule has 0 spiro atoms. The van der Waals surface area contributed by atoms with Gasteiger partial charge in [0.1, 0.15) is 17.2 Å². The highest BCUT2D eigenvalue weighted by Gasteiger charge is 2.26. The van der Waals surface area contributed by atoms with Gasteiger partial charge in [0.15, 0.2) is 5.76 Å². The minimum absolute atomic E-state index is 0.0268. The maximum atomic E-state index is 10.9. The zero-order valence-corrected chi connectivity index (χ0v) is 19.4. The van der Waals surface area contributed by atoms with Crippen LogP contribution in [0.15, 0.2) is 108 Å². The van der Waals surface area contributed by atoms with E-state index in [1.807, 2.05) is 77.4 Å². The van der Waals surface area contributed by atoms with Crippen LogP contribution in [0.25, 0.3) is 40.0 Å². The first-order chi connectivity index (χ1) is 18.2. The number of aromatic nitrogens is 6. The molecule has 0 fully saturated rings. The van der Waals surface area contributed by atoms with Crippen LogP contribution in [-0.4, -0.2) is 34.7 Å². The number of imidazole rings is 1. The molecule has 0 aliphatic carbocycles. The van der Waals surface area contributed by atoms with Crippen molar-refractivity contribution < 1.29 is 9.34 Å². The van der Waals surface area contributed by atoms with Gasteiger partial charge in [-0.2, -0.15) is 4.80 Å². The molecule has 0 amide bonds. The Morgan fingerprint density at radius 3 is 2.27 bits per heavy atom. The number of tetrazole rings is 1. The molecule has 180 valence electrons. The smallest absolute Gasteiger partial charge is 0.269 e. The average Bonchev–Trinajstić information content (AvgIpc) is 3.70. The van der Waals surface area contributed by atoms with Crippen molar-refractivity contribution >= 4 is 5.69 Å². The van der Waals surface area contributed by atoms with Crippen LogP contribution in [0.1, 0.15) is 5.56 Å². The van der Waals surface area contributed by atoms with Gasteiger partial charge in [0.2, 0.25) is 5.82 Å². The van der Waals surface area contributed by atoms with Gasteiger partial charge in [-0.05, 0) is 35.0 Å². The molecule has 37 heavy (non-hydrogen) atoms. The number of benzene rings is 3. The lowest BCUT2D eigenvalue weighted by atomic mass is 10.2. The summed E-state index contributed by atoms with van der Waals surface area (Å²) in [5, 5.41) is 24.0. The second-order valence-corrected chi connectivity index (χ2v) is 8.21. The minimum Gasteiger partial charge on any atom is -0.463 e. The van der Waals surface area contributed by atoms with Crippen molar-refractivity contribution in [3.05, 3.63) is 119 Å². The van der Waals surface area contributed by atoms with E-state index in [9.17, 15) is 10.1 Å². The van der Waals surface area contributed by atoms with Crippen LogP contribution in [0, 0.1) is 10.1 Å². The van der Waals surface area contributed by atoms with Crippen LogP contribution in [-0.2, 0) is 6.54 Å². The Morgan fingerprint density at radius 2 is 1.59 bits per heavy atom. The molecular formula is C27H19N7O3. The predicted molar refractivity (Wildman–Crippen MR) is 136 cm³/mol. The molecule has 10 heteroatoms. The monoisotopic (exact) mass is 489 g/mol. The van der Waals surface area contributed by atoms with E-state index in [1.165, 1.54) is 16.9 Å². The van der Waals surface area contributed by atoms with Gasteiger partial charge < -0.3 is 4.42 Å². The molecule has 3 aromatic heterocycles. The van der Waals surface area contributed by atoms with Gasteiger partial charge in [-0.1, -0.05) is 60.7 Å². The molecule has 0 bridgehead atoms. The topological polar surface area (TPSA) is 118 Å². The lowest BCUT2D eigenvalue weighted by molar-refractivity contribution is -0.384. The van der Waals surface area contributed by atoms with Crippen molar-refractivity contribution in [3.8, 4) is 40.0 Å². The van der Waals surface area contributed by atoms with Gasteiger partial charge in [-0.3, -0.25) is 14.7 Å². The van der Waals surface area contributed by atoms with E-state index in [0.29, 0.717) is 35.3 Å². The van der Waals surface area contributed by atoms with Crippen molar-refractivity contribution in [2.75, 3.05) is 0 Å². The summed E-state index contributed by atoms with van der Waals surface area (Å²) in [6, 6.07) is 29.7. The summed E-state index contributed by atoms with van der Waals surface area (Å²) in [6.45, 7) is 0.298. The number of para-hydroxylation sites is 1. The maximum absolute atomic E-state index is 10.9. The molecule has 0 unspecified atom stereocenters. The number of nitrogens with zero attached hydrogens (tertiary/aromatic N) is 7. The van der Waals surface area contributed by atoms with Gasteiger partial charge >= 0.3 is 0 Å². The van der Waals surface area contributed by atoms with Crippen LogP contribution in [0.2, 0.25) is 0 Å². The summed E-state index contributed by atoms with van der Waals surface area (Å²) < 4.78 is 7.86. The normalized spacial score (nSPS) is 11.0. The largest absolute Gasteiger partial charge is 0.463 e. The summed E-state index contributed by atoms with van der Waals surface area (Å²) in [5.74, 6) is 1.65. The number of furan rings is 1. The van der Waals surface area contributed by atoms with Crippen molar-refractivity contribution in [3.63, 3.8) is 0 Å². The van der Waals surface area contributed by atoms with Gasteiger partial charge in [0.05, 0.1) is 17.7 Å². The first-order valence-corrected chi connectivity index (χ1v) is 11.5. The molecule has 3 heterocycles. The van der Waals surface area contributed by atoms with Gasteiger partial charge in [-0.15, -0.1) is 10.2 Å². The van der Waals surface area contributed by atoms with Crippen molar-refractivity contribution in [1.82, 2.24) is 29.8 Å². The highest BCUT2D eigenvalue weighted by atomic mass is 16.6. The summed E-state index contributed by atoms with van der Waals surface area (Å²) >= 11 is 0. The second-order valence-electron chi connectivity index (χ2n) is 8.21.